The molecule has 1 aromatic carbocycles. The molecule has 1 saturated heterocycles. The number of halogens is 2. The number of benzene rings is 1. The van der Waals surface area contributed by atoms with E-state index in [4.69, 9.17) is 23.2 Å². The Morgan fingerprint density at radius 1 is 1.20 bits per heavy atom. The zero-order valence-corrected chi connectivity index (χ0v) is 19.2. The first-order valence-electron chi connectivity index (χ1n) is 10.1. The SMILES string of the molecule is CC(C)[C@@H](Nc1ccnc(Cl)n1)C(=O)N1CC[C@](O)(c2ccc(Cl)cc2)C(C)(C)C1. The summed E-state index contributed by atoms with van der Waals surface area (Å²) in [5.41, 5.74) is -0.776. The lowest BCUT2D eigenvalue weighted by atomic mass is 9.66. The van der Waals surface area contributed by atoms with E-state index in [2.05, 4.69) is 15.3 Å². The Hall–Kier alpha value is -1.89. The van der Waals surface area contributed by atoms with Crippen molar-refractivity contribution in [2.75, 3.05) is 18.4 Å². The average Bonchev–Trinajstić information content (AvgIpc) is 2.68. The number of nitrogens with zero attached hydrogens (tertiary/aromatic N) is 3. The van der Waals surface area contributed by atoms with Crippen LogP contribution in [0.2, 0.25) is 10.3 Å². The smallest absolute Gasteiger partial charge is 0.245 e. The fourth-order valence-electron chi connectivity index (χ4n) is 4.06. The van der Waals surface area contributed by atoms with Crippen molar-refractivity contribution in [3.8, 4) is 0 Å². The van der Waals surface area contributed by atoms with E-state index in [9.17, 15) is 9.90 Å². The fraction of sp³-hybridized carbons (Fsp3) is 0.500. The van der Waals surface area contributed by atoms with Crippen molar-refractivity contribution >= 4 is 34.9 Å². The highest BCUT2D eigenvalue weighted by Crippen LogP contribution is 2.46. The second-order valence-electron chi connectivity index (χ2n) is 8.84. The van der Waals surface area contributed by atoms with Gasteiger partial charge in [0.15, 0.2) is 0 Å². The zero-order valence-electron chi connectivity index (χ0n) is 17.7. The van der Waals surface area contributed by atoms with Gasteiger partial charge < -0.3 is 15.3 Å². The van der Waals surface area contributed by atoms with Crippen molar-refractivity contribution in [3.05, 3.63) is 52.4 Å². The fourth-order valence-corrected chi connectivity index (χ4v) is 4.33. The molecule has 0 bridgehead atoms. The first-order chi connectivity index (χ1) is 14.0. The standard InChI is InChI=1S/C22H28Cl2N4O2/c1-14(2)18(26-17-9-11-25-20(24)27-17)19(29)28-12-10-22(30,21(3,4)13-28)15-5-7-16(23)8-6-15/h5-9,11,14,18,30H,10,12-13H2,1-4H3,(H,25,26,27)/t18-,22+/m1/s1. The third kappa shape index (κ3) is 4.56. The molecule has 0 radical (unpaired) electrons. The van der Waals surface area contributed by atoms with Gasteiger partial charge in [0.1, 0.15) is 11.9 Å². The van der Waals surface area contributed by atoms with Crippen LogP contribution in [0.25, 0.3) is 0 Å². The highest BCUT2D eigenvalue weighted by atomic mass is 35.5. The third-order valence-electron chi connectivity index (χ3n) is 5.95. The number of hydrogen-bond acceptors (Lipinski definition) is 5. The minimum absolute atomic E-state index is 0.0223. The molecule has 1 amide bonds. The molecule has 6 nitrogen and oxygen atoms in total. The summed E-state index contributed by atoms with van der Waals surface area (Å²) in [7, 11) is 0. The number of likely N-dealkylation sites (tertiary alicyclic amines) is 1. The predicted octanol–water partition coefficient (Wildman–Crippen LogP) is 4.37. The summed E-state index contributed by atoms with van der Waals surface area (Å²) in [6.07, 6.45) is 1.99. The van der Waals surface area contributed by atoms with Crippen molar-refractivity contribution in [1.29, 1.82) is 0 Å². The number of carbonyl (C=O) groups excluding carboxylic acids is 1. The molecule has 2 heterocycles. The van der Waals surface area contributed by atoms with Gasteiger partial charge in [0.2, 0.25) is 11.2 Å². The maximum atomic E-state index is 13.4. The van der Waals surface area contributed by atoms with E-state index in [1.165, 1.54) is 0 Å². The summed E-state index contributed by atoms with van der Waals surface area (Å²) in [6.45, 7) is 8.83. The molecule has 8 heteroatoms. The Labute approximate surface area is 187 Å². The van der Waals surface area contributed by atoms with E-state index in [1.54, 1.807) is 24.4 Å². The van der Waals surface area contributed by atoms with Crippen LogP contribution in [0.1, 0.15) is 39.7 Å². The van der Waals surface area contributed by atoms with Gasteiger partial charge in [-0.1, -0.05) is 51.4 Å². The number of aliphatic hydroxyl groups is 1. The first kappa shape index (κ1) is 22.8. The molecule has 1 aliphatic heterocycles. The van der Waals surface area contributed by atoms with Crippen molar-refractivity contribution in [1.82, 2.24) is 14.9 Å². The molecule has 3 rings (SSSR count). The van der Waals surface area contributed by atoms with Crippen LogP contribution < -0.4 is 5.32 Å². The molecule has 2 N–H and O–H groups in total. The number of carbonyl (C=O) groups is 1. The highest BCUT2D eigenvalue weighted by molar-refractivity contribution is 6.30. The van der Waals surface area contributed by atoms with E-state index >= 15 is 0 Å². The van der Waals surface area contributed by atoms with Crippen LogP contribution in [0.3, 0.4) is 0 Å². The lowest BCUT2D eigenvalue weighted by molar-refractivity contribution is -0.154. The van der Waals surface area contributed by atoms with Crippen LogP contribution in [0.15, 0.2) is 36.5 Å². The van der Waals surface area contributed by atoms with Crippen LogP contribution in [-0.2, 0) is 10.4 Å². The molecule has 0 saturated carbocycles. The van der Waals surface area contributed by atoms with Gasteiger partial charge in [-0.15, -0.1) is 0 Å². The number of anilines is 1. The quantitative estimate of drug-likeness (QED) is 0.661. The van der Waals surface area contributed by atoms with Gasteiger partial charge in [0, 0.05) is 29.7 Å². The number of piperidine rings is 1. The lowest BCUT2D eigenvalue weighted by Gasteiger charge is -2.51. The molecular weight excluding hydrogens is 423 g/mol. The van der Waals surface area contributed by atoms with Crippen LogP contribution in [-0.4, -0.2) is 45.0 Å². The average molecular weight is 451 g/mol. The molecular formula is C22H28Cl2N4O2. The summed E-state index contributed by atoms with van der Waals surface area (Å²) in [6, 6.07) is 8.52. The Balaban J connectivity index is 1.79. The number of hydrogen-bond donors (Lipinski definition) is 2. The zero-order chi connectivity index (χ0) is 22.1. The van der Waals surface area contributed by atoms with Crippen LogP contribution in [0.5, 0.6) is 0 Å². The maximum Gasteiger partial charge on any atom is 0.245 e. The Kier molecular flexibility index (Phi) is 6.60. The molecule has 2 aromatic rings. The normalized spacial score (nSPS) is 22.1. The first-order valence-corrected chi connectivity index (χ1v) is 10.8. The number of aromatic nitrogens is 2. The highest BCUT2D eigenvalue weighted by Gasteiger charge is 2.50. The minimum atomic E-state index is -1.05. The Morgan fingerprint density at radius 2 is 1.87 bits per heavy atom. The van der Waals surface area contributed by atoms with E-state index in [-0.39, 0.29) is 17.1 Å². The molecule has 30 heavy (non-hydrogen) atoms. The second kappa shape index (κ2) is 8.69. The van der Waals surface area contributed by atoms with Gasteiger partial charge in [0.05, 0.1) is 5.60 Å². The summed E-state index contributed by atoms with van der Waals surface area (Å²) < 4.78 is 0. The molecule has 0 aliphatic carbocycles. The van der Waals surface area contributed by atoms with Gasteiger partial charge in [-0.25, -0.2) is 9.97 Å². The molecule has 0 spiro atoms. The third-order valence-corrected chi connectivity index (χ3v) is 6.38. The number of amides is 1. The van der Waals surface area contributed by atoms with Crippen molar-refractivity contribution in [3.63, 3.8) is 0 Å². The van der Waals surface area contributed by atoms with E-state index in [0.29, 0.717) is 30.4 Å². The molecule has 1 aromatic heterocycles. The summed E-state index contributed by atoms with van der Waals surface area (Å²) >= 11 is 11.9. The second-order valence-corrected chi connectivity index (χ2v) is 9.61. The van der Waals surface area contributed by atoms with Crippen molar-refractivity contribution in [2.45, 2.75) is 45.8 Å². The van der Waals surface area contributed by atoms with Crippen LogP contribution >= 0.6 is 23.2 Å². The van der Waals surface area contributed by atoms with Crippen LogP contribution in [0.4, 0.5) is 5.82 Å². The van der Waals surface area contributed by atoms with Gasteiger partial charge in [-0.3, -0.25) is 4.79 Å². The summed E-state index contributed by atoms with van der Waals surface area (Å²) in [4.78, 5) is 23.2. The van der Waals surface area contributed by atoms with Gasteiger partial charge in [0.25, 0.3) is 0 Å². The largest absolute Gasteiger partial charge is 0.384 e. The molecule has 0 unspecified atom stereocenters. The Morgan fingerprint density at radius 3 is 2.43 bits per heavy atom. The Bertz CT molecular complexity index is 904. The topological polar surface area (TPSA) is 78.4 Å². The van der Waals surface area contributed by atoms with Crippen molar-refractivity contribution < 1.29 is 9.90 Å². The minimum Gasteiger partial charge on any atom is -0.384 e. The number of rotatable bonds is 5. The summed E-state index contributed by atoms with van der Waals surface area (Å²) in [5, 5.41) is 15.5. The predicted molar refractivity (Wildman–Crippen MR) is 120 cm³/mol. The van der Waals surface area contributed by atoms with Gasteiger partial charge in [-0.05, 0) is 47.7 Å². The van der Waals surface area contributed by atoms with Crippen LogP contribution in [0, 0.1) is 11.3 Å². The van der Waals surface area contributed by atoms with E-state index in [1.807, 2.05) is 44.7 Å². The van der Waals surface area contributed by atoms with Gasteiger partial charge in [-0.2, -0.15) is 0 Å². The molecule has 162 valence electrons. The molecule has 1 aliphatic rings. The molecule has 1 fully saturated rings. The summed E-state index contributed by atoms with van der Waals surface area (Å²) in [5.74, 6) is 0.522. The van der Waals surface area contributed by atoms with Crippen molar-refractivity contribution in [2.24, 2.45) is 11.3 Å². The lowest BCUT2D eigenvalue weighted by Crippen LogP contribution is -2.59. The van der Waals surface area contributed by atoms with Gasteiger partial charge >= 0.3 is 0 Å². The van der Waals surface area contributed by atoms with E-state index < -0.39 is 17.1 Å². The molecule has 2 atom stereocenters. The maximum absolute atomic E-state index is 13.4. The number of nitrogens with one attached hydrogen (secondary N) is 1. The monoisotopic (exact) mass is 450 g/mol. The van der Waals surface area contributed by atoms with E-state index in [0.717, 1.165) is 5.56 Å².